The molecule has 0 rings (SSSR count). The Kier molecular flexibility index (Phi) is 23.0. The molecule has 0 unspecified atom stereocenters. The maximum atomic E-state index is 8.63. The molecule has 0 aromatic rings. The first-order valence-corrected chi connectivity index (χ1v) is 13.4. The van der Waals surface area contributed by atoms with Gasteiger partial charge in [0.15, 0.2) is 0 Å². The maximum Gasteiger partial charge on any atom is 0.215 e. The van der Waals surface area contributed by atoms with Gasteiger partial charge in [0.1, 0.15) is 0 Å². The van der Waals surface area contributed by atoms with Gasteiger partial charge in [0.25, 0.3) is 0 Å². The SMILES string of the molecule is CCCC[P+](C)(CCCC)CCCC.O=S(=O)([O-])O.O=S(=O)([O-])O.[NH4+]. The number of quaternary nitrogens is 1. The minimum Gasteiger partial charge on any atom is -0.726 e. The van der Waals surface area contributed by atoms with Gasteiger partial charge in [-0.25, -0.2) is 16.8 Å². The molecule has 158 valence electrons. The average molecular weight is 430 g/mol. The third-order valence-corrected chi connectivity index (χ3v) is 7.34. The smallest absolute Gasteiger partial charge is 0.215 e. The molecule has 25 heavy (non-hydrogen) atoms. The first-order valence-electron chi connectivity index (χ1n) is 7.88. The largest absolute Gasteiger partial charge is 0.726 e. The van der Waals surface area contributed by atoms with Crippen LogP contribution in [0.25, 0.3) is 0 Å². The van der Waals surface area contributed by atoms with Crippen molar-refractivity contribution in [2.24, 2.45) is 0 Å². The van der Waals surface area contributed by atoms with Gasteiger partial charge in [-0.1, -0.05) is 40.0 Å². The van der Waals surface area contributed by atoms with Gasteiger partial charge in [-0.05, 0) is 19.3 Å². The zero-order valence-corrected chi connectivity index (χ0v) is 18.5. The minimum absolute atomic E-state index is 0. The van der Waals surface area contributed by atoms with Crippen molar-refractivity contribution >= 4 is 28.1 Å². The number of unbranched alkanes of at least 4 members (excludes halogenated alkanes) is 3. The quantitative estimate of drug-likeness (QED) is 0.282. The summed E-state index contributed by atoms with van der Waals surface area (Å²) in [5.74, 6) is 0. The third kappa shape index (κ3) is 51.6. The molecule has 0 amide bonds. The van der Waals surface area contributed by atoms with Crippen LogP contribution in [0.1, 0.15) is 59.3 Å². The van der Waals surface area contributed by atoms with Crippen molar-refractivity contribution in [3.8, 4) is 0 Å². The summed E-state index contributed by atoms with van der Waals surface area (Å²) in [5.41, 5.74) is 0. The van der Waals surface area contributed by atoms with Crippen molar-refractivity contribution in [1.29, 1.82) is 0 Å². The Morgan fingerprint density at radius 2 is 0.880 bits per heavy atom. The third-order valence-electron chi connectivity index (χ3n) is 3.15. The van der Waals surface area contributed by atoms with Crippen LogP contribution in [0.4, 0.5) is 0 Å². The van der Waals surface area contributed by atoms with Crippen LogP contribution in [-0.4, -0.2) is 60.2 Å². The van der Waals surface area contributed by atoms with Crippen molar-refractivity contribution in [3.63, 3.8) is 0 Å². The van der Waals surface area contributed by atoms with Gasteiger partial charge in [-0.15, -0.1) is 0 Å². The molecule has 0 aliphatic rings. The fourth-order valence-electron chi connectivity index (χ4n) is 1.95. The van der Waals surface area contributed by atoms with Gasteiger partial charge in [0.05, 0.1) is 18.5 Å². The Labute approximate surface area is 154 Å². The first-order chi connectivity index (χ1) is 10.7. The van der Waals surface area contributed by atoms with Crippen molar-refractivity contribution in [2.45, 2.75) is 59.3 Å². The van der Waals surface area contributed by atoms with E-state index in [1.165, 1.54) is 38.5 Å². The summed E-state index contributed by atoms with van der Waals surface area (Å²) in [6.45, 7) is 9.59. The van der Waals surface area contributed by atoms with Gasteiger partial charge in [0.2, 0.25) is 20.8 Å². The Morgan fingerprint density at radius 3 is 1.00 bits per heavy atom. The molecule has 6 N–H and O–H groups in total. The molecular weight excluding hydrogens is 393 g/mol. The van der Waals surface area contributed by atoms with E-state index in [2.05, 4.69) is 27.4 Å². The predicted molar refractivity (Wildman–Crippen MR) is 103 cm³/mol. The summed E-state index contributed by atoms with van der Waals surface area (Å²) >= 11 is 0. The molecule has 0 aromatic carbocycles. The molecule has 0 saturated carbocycles. The van der Waals surface area contributed by atoms with Crippen molar-refractivity contribution in [2.75, 3.05) is 25.2 Å². The van der Waals surface area contributed by atoms with Crippen LogP contribution in [0.3, 0.4) is 0 Å². The van der Waals surface area contributed by atoms with E-state index in [9.17, 15) is 0 Å². The van der Waals surface area contributed by atoms with Crippen LogP contribution < -0.4 is 6.15 Å². The molecular formula is C13H36NO8PS2. The van der Waals surface area contributed by atoms with Gasteiger partial charge >= 0.3 is 0 Å². The van der Waals surface area contributed by atoms with E-state index < -0.39 is 28.1 Å². The normalized spacial score (nSPS) is 11.4. The number of rotatable bonds is 9. The number of hydrogen-bond donors (Lipinski definition) is 3. The predicted octanol–water partition coefficient (Wildman–Crippen LogP) is 3.42. The van der Waals surface area contributed by atoms with E-state index in [4.69, 9.17) is 35.0 Å². The molecule has 0 radical (unpaired) electrons. The lowest BCUT2D eigenvalue weighted by molar-refractivity contribution is 0.363. The molecule has 9 nitrogen and oxygen atoms in total. The van der Waals surface area contributed by atoms with E-state index in [0.717, 1.165) is 0 Å². The fraction of sp³-hybridized carbons (Fsp3) is 1.00. The molecule has 0 heterocycles. The van der Waals surface area contributed by atoms with Crippen LogP contribution >= 0.6 is 7.26 Å². The maximum absolute atomic E-state index is 8.63. The van der Waals surface area contributed by atoms with Gasteiger partial charge < -0.3 is 15.3 Å². The standard InChI is InChI=1S/C13H30P.H3N.2H2O4S/c1-5-8-11-14(4,12-9-6-2)13-10-7-3;;2*1-5(2,3)4/h5-13H2,1-4H3;1H3;2*(H2,1,2,3,4)/q+1;;;/p-1. The highest BCUT2D eigenvalue weighted by atomic mass is 32.3. The second-order valence-electron chi connectivity index (χ2n) is 5.71. The second kappa shape index (κ2) is 17.5. The Balaban J connectivity index is -0.000000166. The van der Waals surface area contributed by atoms with E-state index in [1.807, 2.05) is 0 Å². The van der Waals surface area contributed by atoms with Gasteiger partial charge in [0, 0.05) is 13.9 Å². The summed E-state index contributed by atoms with van der Waals surface area (Å²) in [7, 11) is -10.4. The van der Waals surface area contributed by atoms with E-state index in [0.29, 0.717) is 0 Å². The van der Waals surface area contributed by atoms with E-state index in [1.54, 1.807) is 18.5 Å². The summed E-state index contributed by atoms with van der Waals surface area (Å²) in [6.07, 6.45) is 13.2. The highest BCUT2D eigenvalue weighted by molar-refractivity contribution is 7.80. The van der Waals surface area contributed by atoms with Gasteiger partial charge in [-0.3, -0.25) is 9.11 Å². The van der Waals surface area contributed by atoms with Crippen LogP contribution in [0.5, 0.6) is 0 Å². The Morgan fingerprint density at radius 1 is 0.720 bits per heavy atom. The van der Waals surface area contributed by atoms with Crippen LogP contribution in [-0.2, 0) is 20.8 Å². The molecule has 0 atom stereocenters. The Bertz CT molecular complexity index is 414. The topological polar surface area (TPSA) is 191 Å². The van der Waals surface area contributed by atoms with Crippen molar-refractivity contribution < 1.29 is 35.0 Å². The monoisotopic (exact) mass is 429 g/mol. The number of hydrogen-bond acceptors (Lipinski definition) is 6. The average Bonchev–Trinajstić information content (AvgIpc) is 2.37. The Hall–Kier alpha value is 0.130. The van der Waals surface area contributed by atoms with Gasteiger partial charge in [-0.2, -0.15) is 0 Å². The lowest BCUT2D eigenvalue weighted by Crippen LogP contribution is -2.07. The highest BCUT2D eigenvalue weighted by Gasteiger charge is 2.28. The summed E-state index contributed by atoms with van der Waals surface area (Å²) in [4.78, 5) is 0. The summed E-state index contributed by atoms with van der Waals surface area (Å²) in [5, 5.41) is 0. The lowest BCUT2D eigenvalue weighted by atomic mass is 10.4. The molecule has 0 saturated heterocycles. The van der Waals surface area contributed by atoms with Crippen molar-refractivity contribution in [3.05, 3.63) is 0 Å². The van der Waals surface area contributed by atoms with E-state index >= 15 is 0 Å². The molecule has 0 aliphatic carbocycles. The fourth-order valence-corrected chi connectivity index (χ4v) is 5.86. The van der Waals surface area contributed by atoms with Crippen molar-refractivity contribution in [1.82, 2.24) is 6.15 Å². The lowest BCUT2D eigenvalue weighted by Gasteiger charge is -2.22. The summed E-state index contributed by atoms with van der Waals surface area (Å²) < 4.78 is 65.7. The molecule has 0 aromatic heterocycles. The molecule has 0 bridgehead atoms. The first kappa shape index (κ1) is 32.8. The molecule has 0 spiro atoms. The summed E-state index contributed by atoms with van der Waals surface area (Å²) in [6, 6.07) is 0. The van der Waals surface area contributed by atoms with Crippen LogP contribution in [0.15, 0.2) is 0 Å². The van der Waals surface area contributed by atoms with E-state index in [-0.39, 0.29) is 6.15 Å². The minimum atomic E-state index is -4.92. The second-order valence-corrected chi connectivity index (χ2v) is 12.0. The highest BCUT2D eigenvalue weighted by Crippen LogP contribution is 2.57. The molecule has 0 aliphatic heterocycles. The van der Waals surface area contributed by atoms with Crippen LogP contribution in [0.2, 0.25) is 0 Å². The zero-order chi connectivity index (χ0) is 19.9. The molecule has 12 heteroatoms. The van der Waals surface area contributed by atoms with Crippen LogP contribution in [0, 0.1) is 0 Å². The molecule has 0 fully saturated rings. The zero-order valence-electron chi connectivity index (χ0n) is 16.0.